The third kappa shape index (κ3) is 3.86. The molecule has 1 fully saturated rings. The van der Waals surface area contributed by atoms with E-state index in [2.05, 4.69) is 10.2 Å². The highest BCUT2D eigenvalue weighted by molar-refractivity contribution is 6.13. The van der Waals surface area contributed by atoms with Crippen molar-refractivity contribution in [2.24, 2.45) is 5.73 Å². The maximum Gasteiger partial charge on any atom is 0.291 e. The van der Waals surface area contributed by atoms with E-state index in [1.807, 2.05) is 0 Å². The minimum atomic E-state index is -1.03. The van der Waals surface area contributed by atoms with Crippen molar-refractivity contribution in [3.8, 4) is 0 Å². The van der Waals surface area contributed by atoms with Gasteiger partial charge in [0.2, 0.25) is 5.76 Å². The number of likely N-dealkylation sites (tertiary alicyclic amines) is 1. The van der Waals surface area contributed by atoms with Gasteiger partial charge in [0.1, 0.15) is 17.3 Å². The molecule has 3 aromatic rings. The van der Waals surface area contributed by atoms with Gasteiger partial charge < -0.3 is 19.9 Å². The second-order valence-corrected chi connectivity index (χ2v) is 6.99. The molecular formula is C20H19F2N3O4. The molecule has 9 heteroatoms. The van der Waals surface area contributed by atoms with E-state index in [4.69, 9.17) is 14.6 Å². The van der Waals surface area contributed by atoms with Gasteiger partial charge in [0.15, 0.2) is 17.2 Å². The summed E-state index contributed by atoms with van der Waals surface area (Å²) in [6, 6.07) is 4.77. The van der Waals surface area contributed by atoms with E-state index in [-0.39, 0.29) is 22.4 Å². The zero-order valence-corrected chi connectivity index (χ0v) is 15.5. The van der Waals surface area contributed by atoms with Crippen molar-refractivity contribution in [2.45, 2.75) is 25.8 Å². The van der Waals surface area contributed by atoms with Crippen molar-refractivity contribution in [1.82, 2.24) is 4.90 Å². The van der Waals surface area contributed by atoms with Gasteiger partial charge in [-0.05, 0) is 44.1 Å². The first-order chi connectivity index (χ1) is 13.9. The summed E-state index contributed by atoms with van der Waals surface area (Å²) in [5, 5.41) is 2.32. The Morgan fingerprint density at radius 2 is 1.86 bits per heavy atom. The predicted molar refractivity (Wildman–Crippen MR) is 100 cm³/mol. The lowest BCUT2D eigenvalue weighted by Crippen LogP contribution is -2.28. The lowest BCUT2D eigenvalue weighted by molar-refractivity contribution is 0.0976. The molecule has 0 spiro atoms. The van der Waals surface area contributed by atoms with Crippen LogP contribution in [-0.4, -0.2) is 29.8 Å². The Balaban J connectivity index is 1.59. The van der Waals surface area contributed by atoms with E-state index < -0.39 is 29.2 Å². The summed E-state index contributed by atoms with van der Waals surface area (Å²) in [5.74, 6) is -3.46. The molecule has 1 aliphatic heterocycles. The Hall–Kier alpha value is -3.20. The fourth-order valence-electron chi connectivity index (χ4n) is 3.52. The molecule has 0 radical (unpaired) electrons. The normalized spacial score (nSPS) is 15.0. The predicted octanol–water partition coefficient (Wildman–Crippen LogP) is 3.64. The number of nitrogens with one attached hydrogen (secondary N) is 1. The van der Waals surface area contributed by atoms with Gasteiger partial charge >= 0.3 is 0 Å². The quantitative estimate of drug-likeness (QED) is 0.677. The Kier molecular flexibility index (Phi) is 5.06. The molecule has 1 aliphatic rings. The summed E-state index contributed by atoms with van der Waals surface area (Å²) in [6.45, 7) is 2.54. The van der Waals surface area contributed by atoms with Crippen molar-refractivity contribution in [3.63, 3.8) is 0 Å². The van der Waals surface area contributed by atoms with Crippen LogP contribution in [0.15, 0.2) is 33.1 Å². The van der Waals surface area contributed by atoms with Crippen molar-refractivity contribution in [3.05, 3.63) is 53.2 Å². The van der Waals surface area contributed by atoms with Crippen LogP contribution in [0.25, 0.3) is 11.0 Å². The number of halogens is 2. The fraction of sp³-hybridized carbons (Fsp3) is 0.300. The number of carbonyl (C=O) groups is 2. The lowest BCUT2D eigenvalue weighted by Gasteiger charge is -2.25. The molecule has 29 heavy (non-hydrogen) atoms. The average molecular weight is 403 g/mol. The first-order valence-electron chi connectivity index (χ1n) is 9.26. The molecule has 0 atom stereocenters. The molecule has 0 aliphatic carbocycles. The molecule has 152 valence electrons. The number of hydrogen-bond donors (Lipinski definition) is 2. The minimum absolute atomic E-state index is 0.00125. The highest BCUT2D eigenvalue weighted by atomic mass is 19.1. The Bertz CT molecular complexity index is 1080. The second kappa shape index (κ2) is 7.67. The van der Waals surface area contributed by atoms with E-state index in [0.29, 0.717) is 18.4 Å². The molecule has 1 saturated heterocycles. The fourth-order valence-corrected chi connectivity index (χ4v) is 3.52. The van der Waals surface area contributed by atoms with E-state index in [9.17, 15) is 18.4 Å². The third-order valence-electron chi connectivity index (χ3n) is 4.88. The van der Waals surface area contributed by atoms with Gasteiger partial charge in [-0.25, -0.2) is 8.78 Å². The number of nitrogens with zero attached hydrogens (tertiary/aromatic N) is 1. The molecule has 1 aromatic carbocycles. The molecule has 0 bridgehead atoms. The highest BCUT2D eigenvalue weighted by Crippen LogP contribution is 2.33. The van der Waals surface area contributed by atoms with Crippen LogP contribution in [-0.2, 0) is 6.54 Å². The van der Waals surface area contributed by atoms with Crippen LogP contribution in [0.5, 0.6) is 0 Å². The number of nitrogens with two attached hydrogens (primary N) is 1. The number of primary amides is 1. The number of amides is 2. The number of fused-ring (bicyclic) bond motifs is 1. The van der Waals surface area contributed by atoms with Crippen LogP contribution in [0.2, 0.25) is 0 Å². The largest absolute Gasteiger partial charge is 0.455 e. The SMILES string of the molecule is NC(=O)c1oc2c(F)cc(F)cc2c1NC(=O)c1ccc(CN2CCCCC2)o1. The van der Waals surface area contributed by atoms with Crippen molar-refractivity contribution in [1.29, 1.82) is 0 Å². The minimum Gasteiger partial charge on any atom is -0.455 e. The van der Waals surface area contributed by atoms with E-state index in [0.717, 1.165) is 32.0 Å². The van der Waals surface area contributed by atoms with Gasteiger partial charge in [-0.1, -0.05) is 6.42 Å². The zero-order chi connectivity index (χ0) is 20.5. The van der Waals surface area contributed by atoms with Gasteiger partial charge in [-0.3, -0.25) is 14.5 Å². The van der Waals surface area contributed by atoms with Crippen LogP contribution in [0.3, 0.4) is 0 Å². The number of furan rings is 2. The molecule has 0 unspecified atom stereocenters. The number of carbonyl (C=O) groups excluding carboxylic acids is 2. The van der Waals surface area contributed by atoms with Gasteiger partial charge in [-0.15, -0.1) is 0 Å². The van der Waals surface area contributed by atoms with Crippen molar-refractivity contribution >= 4 is 28.5 Å². The lowest BCUT2D eigenvalue weighted by atomic mass is 10.1. The molecule has 3 heterocycles. The summed E-state index contributed by atoms with van der Waals surface area (Å²) < 4.78 is 38.3. The Labute approximate surface area is 164 Å². The highest BCUT2D eigenvalue weighted by Gasteiger charge is 2.25. The van der Waals surface area contributed by atoms with Gasteiger partial charge in [0, 0.05) is 6.07 Å². The van der Waals surface area contributed by atoms with Crippen LogP contribution >= 0.6 is 0 Å². The Morgan fingerprint density at radius 1 is 1.10 bits per heavy atom. The standard InChI is InChI=1S/C20H19F2N3O4/c21-11-8-13-16(18(19(23)26)29-17(13)14(22)9-11)24-20(27)15-5-4-12(28-15)10-25-6-2-1-3-7-25/h4-5,8-9H,1-3,6-7,10H2,(H2,23,26)(H,24,27). The Morgan fingerprint density at radius 3 is 2.59 bits per heavy atom. The molecule has 4 rings (SSSR count). The van der Waals surface area contributed by atoms with Gasteiger partial charge in [0.25, 0.3) is 11.8 Å². The first-order valence-corrected chi connectivity index (χ1v) is 9.26. The summed E-state index contributed by atoms with van der Waals surface area (Å²) in [4.78, 5) is 26.5. The molecule has 2 amide bonds. The molecule has 2 aromatic heterocycles. The van der Waals surface area contributed by atoms with E-state index in [1.165, 1.54) is 12.5 Å². The number of anilines is 1. The zero-order valence-electron chi connectivity index (χ0n) is 15.5. The number of hydrogen-bond acceptors (Lipinski definition) is 5. The first kappa shape index (κ1) is 19.1. The monoisotopic (exact) mass is 403 g/mol. The molecular weight excluding hydrogens is 384 g/mol. The molecule has 3 N–H and O–H groups in total. The smallest absolute Gasteiger partial charge is 0.291 e. The maximum absolute atomic E-state index is 14.0. The number of piperidine rings is 1. The van der Waals surface area contributed by atoms with Gasteiger partial charge in [-0.2, -0.15) is 0 Å². The summed E-state index contributed by atoms with van der Waals surface area (Å²) in [7, 11) is 0. The number of benzene rings is 1. The van der Waals surface area contributed by atoms with Gasteiger partial charge in [0.05, 0.1) is 11.9 Å². The average Bonchev–Trinajstić information content (AvgIpc) is 3.28. The van der Waals surface area contributed by atoms with Crippen LogP contribution in [0.1, 0.15) is 46.1 Å². The third-order valence-corrected chi connectivity index (χ3v) is 4.88. The van der Waals surface area contributed by atoms with E-state index in [1.54, 1.807) is 6.07 Å². The number of rotatable bonds is 5. The van der Waals surface area contributed by atoms with Crippen molar-refractivity contribution in [2.75, 3.05) is 18.4 Å². The van der Waals surface area contributed by atoms with E-state index >= 15 is 0 Å². The second-order valence-electron chi connectivity index (χ2n) is 6.99. The van der Waals surface area contributed by atoms with Crippen molar-refractivity contribution < 1.29 is 27.2 Å². The summed E-state index contributed by atoms with van der Waals surface area (Å²) >= 11 is 0. The topological polar surface area (TPSA) is 102 Å². The van der Waals surface area contributed by atoms with Crippen LogP contribution < -0.4 is 11.1 Å². The summed E-state index contributed by atoms with van der Waals surface area (Å²) in [5.41, 5.74) is 4.68. The van der Waals surface area contributed by atoms with Crippen LogP contribution in [0.4, 0.5) is 14.5 Å². The molecule has 0 saturated carbocycles. The summed E-state index contributed by atoms with van der Waals surface area (Å²) in [6.07, 6.45) is 3.47. The molecule has 7 nitrogen and oxygen atoms in total. The van der Waals surface area contributed by atoms with Crippen LogP contribution in [0, 0.1) is 11.6 Å². The maximum atomic E-state index is 14.0.